The molecule has 156 valence electrons. The second-order valence-corrected chi connectivity index (χ2v) is 8.37. The average molecular weight is 424 g/mol. The highest BCUT2D eigenvalue weighted by Crippen LogP contribution is 2.32. The van der Waals surface area contributed by atoms with Gasteiger partial charge in [-0.3, -0.25) is 15.1 Å². The van der Waals surface area contributed by atoms with Gasteiger partial charge in [0.2, 0.25) is 0 Å². The molecule has 0 bridgehead atoms. The fraction of sp³-hybridized carbons (Fsp3) is 0.348. The predicted molar refractivity (Wildman–Crippen MR) is 119 cm³/mol. The van der Waals surface area contributed by atoms with Crippen LogP contribution in [0.1, 0.15) is 43.7 Å². The lowest BCUT2D eigenvalue weighted by Crippen LogP contribution is -2.24. The molecule has 0 N–H and O–H groups in total. The van der Waals surface area contributed by atoms with Crippen LogP contribution in [0.2, 0.25) is 0 Å². The number of nitrogens with zero attached hydrogens (tertiary/aromatic N) is 3. The van der Waals surface area contributed by atoms with Gasteiger partial charge in [-0.25, -0.2) is 0 Å². The van der Waals surface area contributed by atoms with Crippen LogP contribution in [-0.4, -0.2) is 16.6 Å². The largest absolute Gasteiger partial charge is 0.497 e. The molecule has 3 aromatic rings. The molecule has 2 aromatic carbocycles. The van der Waals surface area contributed by atoms with Gasteiger partial charge < -0.3 is 9.30 Å². The first-order valence-corrected chi connectivity index (χ1v) is 11.1. The number of thiazole rings is 1. The van der Waals surface area contributed by atoms with Gasteiger partial charge in [0.05, 0.1) is 24.3 Å². The van der Waals surface area contributed by atoms with Gasteiger partial charge in [0.1, 0.15) is 5.75 Å². The molecule has 0 radical (unpaired) electrons. The number of aromatic nitrogens is 1. The van der Waals surface area contributed by atoms with Gasteiger partial charge in [-0.05, 0) is 48.2 Å². The van der Waals surface area contributed by atoms with E-state index in [1.54, 1.807) is 30.6 Å². The van der Waals surface area contributed by atoms with Gasteiger partial charge in [0, 0.05) is 23.6 Å². The number of hydrogen-bond acceptors (Lipinski definition) is 5. The fourth-order valence-corrected chi connectivity index (χ4v) is 4.95. The minimum atomic E-state index is -0.359. The van der Waals surface area contributed by atoms with E-state index in [-0.39, 0.29) is 10.6 Å². The lowest BCUT2D eigenvalue weighted by molar-refractivity contribution is -0.384. The number of ether oxygens (including phenoxy) is 1. The summed E-state index contributed by atoms with van der Waals surface area (Å²) < 4.78 is 7.59. The molecule has 4 rings (SSSR count). The second kappa shape index (κ2) is 9.26. The van der Waals surface area contributed by atoms with E-state index in [4.69, 9.17) is 9.73 Å². The van der Waals surface area contributed by atoms with E-state index in [0.29, 0.717) is 12.6 Å². The van der Waals surface area contributed by atoms with Crippen molar-refractivity contribution < 1.29 is 9.66 Å². The minimum absolute atomic E-state index is 0.114. The molecular formula is C23H25N3O3S. The van der Waals surface area contributed by atoms with E-state index in [1.807, 2.05) is 36.4 Å². The van der Waals surface area contributed by atoms with Gasteiger partial charge in [0.25, 0.3) is 5.69 Å². The smallest absolute Gasteiger partial charge is 0.269 e. The highest BCUT2D eigenvalue weighted by molar-refractivity contribution is 7.07. The number of benzene rings is 2. The molecule has 6 nitrogen and oxygen atoms in total. The van der Waals surface area contributed by atoms with Crippen molar-refractivity contribution in [1.82, 2.24) is 4.57 Å². The summed E-state index contributed by atoms with van der Waals surface area (Å²) in [7, 11) is 1.66. The number of methoxy groups -OCH3 is 1. The zero-order valence-corrected chi connectivity index (χ0v) is 17.8. The number of hydrogen-bond donors (Lipinski definition) is 0. The van der Waals surface area contributed by atoms with E-state index >= 15 is 0 Å². The Bertz CT molecular complexity index is 1060. The summed E-state index contributed by atoms with van der Waals surface area (Å²) in [6, 6.07) is 15.2. The van der Waals surface area contributed by atoms with E-state index in [2.05, 4.69) is 9.95 Å². The Kier molecular flexibility index (Phi) is 6.28. The van der Waals surface area contributed by atoms with Gasteiger partial charge in [-0.15, -0.1) is 11.3 Å². The summed E-state index contributed by atoms with van der Waals surface area (Å²) in [4.78, 5) is 16.6. The van der Waals surface area contributed by atoms with Crippen LogP contribution in [0.4, 0.5) is 5.69 Å². The van der Waals surface area contributed by atoms with Crippen LogP contribution in [0.15, 0.2) is 58.9 Å². The van der Waals surface area contributed by atoms with Crippen molar-refractivity contribution in [2.24, 2.45) is 4.99 Å². The molecule has 0 spiro atoms. The fourth-order valence-electron chi connectivity index (χ4n) is 3.98. The lowest BCUT2D eigenvalue weighted by Gasteiger charge is -2.25. The Morgan fingerprint density at radius 2 is 1.80 bits per heavy atom. The molecular weight excluding hydrogens is 398 g/mol. The first-order valence-electron chi connectivity index (χ1n) is 10.2. The molecule has 30 heavy (non-hydrogen) atoms. The van der Waals surface area contributed by atoms with E-state index in [1.165, 1.54) is 19.3 Å². The van der Waals surface area contributed by atoms with Crippen LogP contribution in [0, 0.1) is 10.1 Å². The van der Waals surface area contributed by atoms with Crippen molar-refractivity contribution >= 4 is 17.0 Å². The van der Waals surface area contributed by atoms with Gasteiger partial charge >= 0.3 is 0 Å². The minimum Gasteiger partial charge on any atom is -0.497 e. The maximum atomic E-state index is 11.0. The number of nitro groups is 1. The highest BCUT2D eigenvalue weighted by atomic mass is 32.1. The molecule has 1 aromatic heterocycles. The van der Waals surface area contributed by atoms with E-state index in [0.717, 1.165) is 40.2 Å². The molecule has 0 amide bonds. The van der Waals surface area contributed by atoms with Crippen LogP contribution in [0.3, 0.4) is 0 Å². The molecule has 1 heterocycles. The number of non-ortho nitro benzene ring substituents is 1. The standard InChI is InChI=1S/C23H25N3O3S/c1-29-21-13-7-17(8-14-21)15-24-23-25(19-5-3-2-4-6-19)22(16-30-23)18-9-11-20(12-10-18)26(27)28/h7-14,16,19H,2-6,15H2,1H3. The van der Waals surface area contributed by atoms with E-state index in [9.17, 15) is 10.1 Å². The summed E-state index contributed by atoms with van der Waals surface area (Å²) >= 11 is 1.64. The van der Waals surface area contributed by atoms with Gasteiger partial charge in [0.15, 0.2) is 4.80 Å². The zero-order chi connectivity index (χ0) is 20.9. The maximum Gasteiger partial charge on any atom is 0.269 e. The van der Waals surface area contributed by atoms with Crippen molar-refractivity contribution in [1.29, 1.82) is 0 Å². The van der Waals surface area contributed by atoms with Crippen LogP contribution in [0.5, 0.6) is 5.75 Å². The summed E-state index contributed by atoms with van der Waals surface area (Å²) in [6.07, 6.45) is 6.03. The van der Waals surface area contributed by atoms with E-state index < -0.39 is 0 Å². The summed E-state index contributed by atoms with van der Waals surface area (Å²) in [5, 5.41) is 13.1. The Labute approximate surface area is 179 Å². The monoisotopic (exact) mass is 423 g/mol. The van der Waals surface area contributed by atoms with Crippen molar-refractivity contribution in [3.63, 3.8) is 0 Å². The third-order valence-corrected chi connectivity index (χ3v) is 6.49. The van der Waals surface area contributed by atoms with Gasteiger partial charge in [-0.2, -0.15) is 0 Å². The van der Waals surface area contributed by atoms with Crippen molar-refractivity contribution in [2.45, 2.75) is 44.7 Å². The Hall–Kier alpha value is -2.93. The van der Waals surface area contributed by atoms with Gasteiger partial charge in [-0.1, -0.05) is 31.4 Å². The normalized spacial score (nSPS) is 15.3. The second-order valence-electron chi connectivity index (χ2n) is 7.53. The topological polar surface area (TPSA) is 69.7 Å². The van der Waals surface area contributed by atoms with Crippen LogP contribution in [0.25, 0.3) is 11.3 Å². The quantitative estimate of drug-likeness (QED) is 0.375. The number of rotatable bonds is 6. The molecule has 1 saturated carbocycles. The highest BCUT2D eigenvalue weighted by Gasteiger charge is 2.20. The van der Waals surface area contributed by atoms with Crippen molar-refractivity contribution in [3.8, 4) is 17.0 Å². The third kappa shape index (κ3) is 4.46. The number of nitro benzene ring substituents is 1. The third-order valence-electron chi connectivity index (χ3n) is 5.61. The van der Waals surface area contributed by atoms with Crippen LogP contribution in [-0.2, 0) is 6.54 Å². The van der Waals surface area contributed by atoms with Crippen molar-refractivity contribution in [3.05, 3.63) is 74.4 Å². The van der Waals surface area contributed by atoms with Crippen molar-refractivity contribution in [2.75, 3.05) is 7.11 Å². The zero-order valence-electron chi connectivity index (χ0n) is 17.0. The Morgan fingerprint density at radius 3 is 2.43 bits per heavy atom. The first-order chi connectivity index (χ1) is 14.7. The summed E-state index contributed by atoms with van der Waals surface area (Å²) in [5.41, 5.74) is 3.34. The summed E-state index contributed by atoms with van der Waals surface area (Å²) in [6.45, 7) is 0.608. The molecule has 7 heteroatoms. The predicted octanol–water partition coefficient (Wildman–Crippen LogP) is 5.74. The first kappa shape index (κ1) is 20.3. The SMILES string of the molecule is COc1ccc(CN=c2scc(-c3ccc([N+](=O)[O-])cc3)n2C2CCCCC2)cc1. The molecule has 1 aliphatic carbocycles. The average Bonchev–Trinajstić information content (AvgIpc) is 3.22. The molecule has 0 saturated heterocycles. The summed E-state index contributed by atoms with van der Waals surface area (Å²) in [5.74, 6) is 0.840. The maximum absolute atomic E-state index is 11.0. The molecule has 0 atom stereocenters. The molecule has 1 aliphatic rings. The van der Waals surface area contributed by atoms with Crippen LogP contribution >= 0.6 is 11.3 Å². The molecule has 0 aliphatic heterocycles. The molecule has 1 fully saturated rings. The van der Waals surface area contributed by atoms with Crippen LogP contribution < -0.4 is 9.54 Å². The molecule has 0 unspecified atom stereocenters. The Morgan fingerprint density at radius 1 is 1.10 bits per heavy atom. The Balaban J connectivity index is 1.70. The lowest BCUT2D eigenvalue weighted by atomic mass is 9.95.